The number of hydrogen-bond donors (Lipinski definition) is 0. The number of ether oxygens (including phenoxy) is 4. The molecular weight excluding hydrogens is 518 g/mol. The topological polar surface area (TPSA) is 89.9 Å². The van der Waals surface area contributed by atoms with E-state index >= 15 is 0 Å². The first-order valence-corrected chi connectivity index (χ1v) is 13.7. The molecule has 1 saturated heterocycles. The Morgan fingerprint density at radius 3 is 2.49 bits per heavy atom. The molecule has 1 amide bonds. The zero-order valence-electron chi connectivity index (χ0n) is 22.2. The van der Waals surface area contributed by atoms with Gasteiger partial charge in [-0.1, -0.05) is 48.2 Å². The lowest BCUT2D eigenvalue weighted by molar-refractivity contribution is -0.139. The summed E-state index contributed by atoms with van der Waals surface area (Å²) < 4.78 is 22.1. The van der Waals surface area contributed by atoms with Crippen molar-refractivity contribution in [2.45, 2.75) is 19.4 Å². The smallest absolute Gasteiger partial charge is 0.338 e. The van der Waals surface area contributed by atoms with Gasteiger partial charge in [0.2, 0.25) is 5.91 Å². The number of morpholine rings is 1. The van der Waals surface area contributed by atoms with Crippen molar-refractivity contribution in [3.63, 3.8) is 0 Å². The molecule has 0 radical (unpaired) electrons. The van der Waals surface area contributed by atoms with E-state index in [1.165, 1.54) is 11.8 Å². The molecule has 3 heterocycles. The van der Waals surface area contributed by atoms with E-state index in [1.54, 1.807) is 21.1 Å². The van der Waals surface area contributed by atoms with E-state index < -0.39 is 12.0 Å². The van der Waals surface area contributed by atoms with Crippen LogP contribution >= 0.6 is 11.8 Å². The van der Waals surface area contributed by atoms with Crippen LogP contribution in [0.15, 0.2) is 70.2 Å². The van der Waals surface area contributed by atoms with E-state index in [4.69, 9.17) is 23.9 Å². The largest absolute Gasteiger partial charge is 0.493 e. The highest BCUT2D eigenvalue weighted by Crippen LogP contribution is 2.48. The van der Waals surface area contributed by atoms with Gasteiger partial charge in [0, 0.05) is 24.4 Å². The summed E-state index contributed by atoms with van der Waals surface area (Å²) in [6.45, 7) is 4.17. The van der Waals surface area contributed by atoms with Gasteiger partial charge in [0.05, 0.1) is 57.8 Å². The van der Waals surface area contributed by atoms with Crippen LogP contribution in [0.2, 0.25) is 0 Å². The molecule has 204 valence electrons. The van der Waals surface area contributed by atoms with Crippen molar-refractivity contribution in [3.05, 3.63) is 76.3 Å². The Kier molecular flexibility index (Phi) is 8.23. The second-order valence-corrected chi connectivity index (χ2v) is 9.86. The van der Waals surface area contributed by atoms with E-state index in [2.05, 4.69) is 0 Å². The van der Waals surface area contributed by atoms with Gasteiger partial charge in [-0.25, -0.2) is 9.79 Å². The molecule has 3 aliphatic heterocycles. The van der Waals surface area contributed by atoms with Gasteiger partial charge >= 0.3 is 5.97 Å². The number of nitrogens with zero attached hydrogens (tertiary/aromatic N) is 3. The van der Waals surface area contributed by atoms with Crippen LogP contribution < -0.4 is 9.47 Å². The average Bonchev–Trinajstić information content (AvgIpc) is 3.38. The van der Waals surface area contributed by atoms with Crippen LogP contribution in [-0.2, 0) is 19.1 Å². The van der Waals surface area contributed by atoms with Gasteiger partial charge in [-0.3, -0.25) is 4.79 Å². The maximum absolute atomic E-state index is 13.7. The molecule has 10 heteroatoms. The van der Waals surface area contributed by atoms with Crippen LogP contribution in [0.4, 0.5) is 0 Å². The number of benzene rings is 2. The minimum atomic E-state index is -0.606. The van der Waals surface area contributed by atoms with Gasteiger partial charge in [-0.05, 0) is 30.0 Å². The molecule has 39 heavy (non-hydrogen) atoms. The van der Waals surface area contributed by atoms with Crippen LogP contribution in [0, 0.1) is 0 Å². The second kappa shape index (κ2) is 12.0. The number of carbonyl (C=O) groups excluding carboxylic acids is 2. The van der Waals surface area contributed by atoms with Crippen molar-refractivity contribution >= 4 is 34.5 Å². The van der Waals surface area contributed by atoms with Crippen molar-refractivity contribution < 1.29 is 28.5 Å². The van der Waals surface area contributed by atoms with Crippen LogP contribution in [0.3, 0.4) is 0 Å². The summed E-state index contributed by atoms with van der Waals surface area (Å²) in [7, 11) is 3.15. The van der Waals surface area contributed by atoms with Crippen molar-refractivity contribution in [3.8, 4) is 11.5 Å². The molecular formula is C29H31N3O6S. The van der Waals surface area contributed by atoms with Crippen LogP contribution in [0.1, 0.15) is 30.5 Å². The van der Waals surface area contributed by atoms with E-state index in [-0.39, 0.29) is 18.9 Å². The molecule has 0 saturated carbocycles. The molecule has 3 aliphatic rings. The Morgan fingerprint density at radius 1 is 1.05 bits per heavy atom. The third kappa shape index (κ3) is 5.39. The Bertz CT molecular complexity index is 1330. The molecule has 0 bridgehead atoms. The number of carbonyl (C=O) groups is 2. The van der Waals surface area contributed by atoms with Crippen molar-refractivity contribution in [1.82, 2.24) is 9.80 Å². The number of aliphatic imine (C=N–C) groups is 1. The Morgan fingerprint density at radius 2 is 1.79 bits per heavy atom. The zero-order chi connectivity index (χ0) is 27.4. The Hall–Kier alpha value is -3.76. The number of thioether (sulfide) groups is 1. The highest BCUT2D eigenvalue weighted by atomic mass is 32.2. The van der Waals surface area contributed by atoms with Crippen LogP contribution in [0.25, 0.3) is 5.70 Å². The normalized spacial score (nSPS) is 18.8. The van der Waals surface area contributed by atoms with E-state index in [0.29, 0.717) is 54.2 Å². The molecule has 0 aliphatic carbocycles. The number of methoxy groups -OCH3 is 2. The standard InChI is InChI=1S/C29H31N3O6S/c1-4-38-28(34)25-26(19-8-6-5-7-9-19)30-29-32(27(25)20-10-11-22(35-2)23(16-20)36-3)21(18-39-29)17-24(33)31-12-14-37-15-13-31/h5-11,16,18,27H,4,12-15,17H2,1-3H3/t27-/m1/s1. The number of amides is 1. The van der Waals surface area contributed by atoms with Gasteiger partial charge < -0.3 is 28.7 Å². The zero-order valence-corrected chi connectivity index (χ0v) is 23.0. The molecule has 0 unspecified atom stereocenters. The summed E-state index contributed by atoms with van der Waals surface area (Å²) in [4.78, 5) is 35.7. The maximum atomic E-state index is 13.7. The van der Waals surface area contributed by atoms with E-state index in [0.717, 1.165) is 16.8 Å². The molecule has 2 aromatic carbocycles. The van der Waals surface area contributed by atoms with Gasteiger partial charge in [-0.2, -0.15) is 0 Å². The van der Waals surface area contributed by atoms with Gasteiger partial charge in [0.25, 0.3) is 0 Å². The summed E-state index contributed by atoms with van der Waals surface area (Å²) in [5.41, 5.74) is 3.29. The Labute approximate surface area is 232 Å². The first-order valence-electron chi connectivity index (χ1n) is 12.8. The first-order chi connectivity index (χ1) is 19.0. The highest BCUT2D eigenvalue weighted by Gasteiger charge is 2.43. The summed E-state index contributed by atoms with van der Waals surface area (Å²) in [5.74, 6) is 0.651. The van der Waals surface area contributed by atoms with Crippen molar-refractivity contribution in [2.75, 3.05) is 47.1 Å². The molecule has 0 N–H and O–H groups in total. The second-order valence-electron chi connectivity index (χ2n) is 9.03. The predicted octanol–water partition coefficient (Wildman–Crippen LogP) is 4.23. The van der Waals surface area contributed by atoms with Crippen LogP contribution in [-0.4, -0.2) is 74.0 Å². The van der Waals surface area contributed by atoms with Crippen molar-refractivity contribution in [1.29, 1.82) is 0 Å². The number of rotatable bonds is 8. The lowest BCUT2D eigenvalue weighted by Crippen LogP contribution is -2.42. The fourth-order valence-electron chi connectivity index (χ4n) is 4.91. The molecule has 0 spiro atoms. The summed E-state index contributed by atoms with van der Waals surface area (Å²) in [6.07, 6.45) is 0.173. The minimum Gasteiger partial charge on any atom is -0.493 e. The Balaban J connectivity index is 1.64. The summed E-state index contributed by atoms with van der Waals surface area (Å²) in [5, 5.41) is 2.63. The van der Waals surface area contributed by atoms with Crippen LogP contribution in [0.5, 0.6) is 11.5 Å². The summed E-state index contributed by atoms with van der Waals surface area (Å²) in [6, 6.07) is 14.6. The molecule has 5 rings (SSSR count). The first kappa shape index (κ1) is 26.8. The number of fused-ring (bicyclic) bond motifs is 1. The molecule has 1 atom stereocenters. The quantitative estimate of drug-likeness (QED) is 0.452. The maximum Gasteiger partial charge on any atom is 0.338 e. The minimum absolute atomic E-state index is 0.00739. The summed E-state index contributed by atoms with van der Waals surface area (Å²) >= 11 is 1.44. The SMILES string of the molecule is CCOC(=O)C1=C(c2ccccc2)N=C2SC=C(CC(=O)N3CCOCC3)N2[C@@H]1c1ccc(OC)c(OC)c1. The highest BCUT2D eigenvalue weighted by molar-refractivity contribution is 8.16. The fourth-order valence-corrected chi connectivity index (χ4v) is 5.82. The number of hydrogen-bond acceptors (Lipinski definition) is 9. The monoisotopic (exact) mass is 549 g/mol. The molecule has 1 fully saturated rings. The molecule has 2 aromatic rings. The molecule has 0 aromatic heterocycles. The third-order valence-corrected chi connectivity index (χ3v) is 7.66. The number of esters is 1. The van der Waals surface area contributed by atoms with E-state index in [1.807, 2.05) is 63.7 Å². The third-order valence-electron chi connectivity index (χ3n) is 6.77. The van der Waals surface area contributed by atoms with Gasteiger partial charge in [0.15, 0.2) is 16.7 Å². The number of amidine groups is 1. The molecule has 9 nitrogen and oxygen atoms in total. The van der Waals surface area contributed by atoms with E-state index in [9.17, 15) is 9.59 Å². The average molecular weight is 550 g/mol. The van der Waals surface area contributed by atoms with Crippen molar-refractivity contribution in [2.24, 2.45) is 4.99 Å². The fraction of sp³-hybridized carbons (Fsp3) is 0.345. The van der Waals surface area contributed by atoms with Gasteiger partial charge in [-0.15, -0.1) is 0 Å². The van der Waals surface area contributed by atoms with Gasteiger partial charge in [0.1, 0.15) is 0 Å². The lowest BCUT2D eigenvalue weighted by Gasteiger charge is -2.37. The predicted molar refractivity (Wildman–Crippen MR) is 149 cm³/mol. The lowest BCUT2D eigenvalue weighted by atomic mass is 9.91.